The predicted molar refractivity (Wildman–Crippen MR) is 75.5 cm³/mol. The van der Waals surface area contributed by atoms with Crippen LogP contribution in [-0.4, -0.2) is 34.8 Å². The van der Waals surface area contributed by atoms with Gasteiger partial charge in [-0.2, -0.15) is 5.10 Å². The Morgan fingerprint density at radius 3 is 2.32 bits per heavy atom. The molecule has 1 fully saturated rings. The zero-order valence-corrected chi connectivity index (χ0v) is 12.8. The van der Waals surface area contributed by atoms with Gasteiger partial charge in [-0.3, -0.25) is 4.68 Å². The zero-order valence-electron chi connectivity index (χ0n) is 12.8. The summed E-state index contributed by atoms with van der Waals surface area (Å²) in [4.78, 5) is 0. The summed E-state index contributed by atoms with van der Waals surface area (Å²) in [6.45, 7) is 13.6. The molecular formula is C14H25N3O2. The topological polar surface area (TPSA) is 48.3 Å². The number of anilines is 1. The molecule has 2 heterocycles. The number of nitrogens with one attached hydrogen (secondary N) is 1. The van der Waals surface area contributed by atoms with Gasteiger partial charge in [-0.05, 0) is 41.5 Å². The van der Waals surface area contributed by atoms with E-state index in [0.717, 1.165) is 17.1 Å². The van der Waals surface area contributed by atoms with Crippen molar-refractivity contribution < 1.29 is 9.47 Å². The molecule has 108 valence electrons. The Labute approximate surface area is 115 Å². The van der Waals surface area contributed by atoms with E-state index in [1.54, 1.807) is 0 Å². The third kappa shape index (κ3) is 3.09. The first-order chi connectivity index (χ1) is 8.80. The van der Waals surface area contributed by atoms with Crippen LogP contribution < -0.4 is 5.32 Å². The number of aromatic nitrogens is 2. The third-order valence-corrected chi connectivity index (χ3v) is 3.43. The summed E-state index contributed by atoms with van der Waals surface area (Å²) < 4.78 is 13.4. The number of hydrogen-bond acceptors (Lipinski definition) is 4. The van der Waals surface area contributed by atoms with Crippen LogP contribution in [0.25, 0.3) is 0 Å². The Morgan fingerprint density at radius 1 is 1.26 bits per heavy atom. The first-order valence-electron chi connectivity index (χ1n) is 6.90. The maximum Gasteiger partial charge on any atom is 0.162 e. The minimum Gasteiger partial charge on any atom is -0.375 e. The molecule has 1 aliphatic rings. The van der Waals surface area contributed by atoms with Crippen LogP contribution in [0.2, 0.25) is 0 Å². The molecular weight excluding hydrogens is 242 g/mol. The summed E-state index contributed by atoms with van der Waals surface area (Å²) in [5.74, 6) is -0.468. The molecule has 5 nitrogen and oxygen atoms in total. The fourth-order valence-corrected chi connectivity index (χ4v) is 2.35. The Hall–Kier alpha value is -1.07. The lowest BCUT2D eigenvalue weighted by molar-refractivity contribution is -0.247. The average Bonchev–Trinajstić information content (AvgIpc) is 2.59. The second-order valence-corrected chi connectivity index (χ2v) is 5.95. The Balaban J connectivity index is 2.08. The number of nitrogens with zero attached hydrogens (tertiary/aromatic N) is 2. The minimum atomic E-state index is -0.468. The van der Waals surface area contributed by atoms with Gasteiger partial charge in [0.2, 0.25) is 0 Å². The van der Waals surface area contributed by atoms with Gasteiger partial charge in [0, 0.05) is 6.04 Å². The fourth-order valence-electron chi connectivity index (χ4n) is 2.35. The van der Waals surface area contributed by atoms with E-state index in [1.807, 2.05) is 25.5 Å². The Bertz CT molecular complexity index is 442. The average molecular weight is 267 g/mol. The highest BCUT2D eigenvalue weighted by molar-refractivity contribution is 5.53. The molecule has 0 bridgehead atoms. The fraction of sp³-hybridized carbons (Fsp3) is 0.786. The largest absolute Gasteiger partial charge is 0.375 e. The number of hydrogen-bond donors (Lipinski definition) is 1. The van der Waals surface area contributed by atoms with Gasteiger partial charge in [0.25, 0.3) is 0 Å². The van der Waals surface area contributed by atoms with Crippen LogP contribution in [0.3, 0.4) is 0 Å². The second-order valence-electron chi connectivity index (χ2n) is 5.95. The number of rotatable bonds is 3. The van der Waals surface area contributed by atoms with Gasteiger partial charge in [0.15, 0.2) is 5.79 Å². The highest BCUT2D eigenvalue weighted by atomic mass is 16.7. The van der Waals surface area contributed by atoms with Crippen molar-refractivity contribution >= 4 is 5.69 Å². The zero-order chi connectivity index (χ0) is 14.2. The monoisotopic (exact) mass is 267 g/mol. The van der Waals surface area contributed by atoms with Crippen molar-refractivity contribution in [3.05, 3.63) is 11.4 Å². The van der Waals surface area contributed by atoms with E-state index in [2.05, 4.69) is 31.2 Å². The molecule has 0 aliphatic carbocycles. The molecule has 1 N–H and O–H groups in total. The molecule has 1 saturated heterocycles. The highest BCUT2D eigenvalue weighted by Crippen LogP contribution is 2.25. The molecule has 1 aliphatic heterocycles. The molecule has 5 heteroatoms. The van der Waals surface area contributed by atoms with Gasteiger partial charge in [-0.15, -0.1) is 0 Å². The van der Waals surface area contributed by atoms with Crippen molar-refractivity contribution in [3.63, 3.8) is 0 Å². The van der Waals surface area contributed by atoms with E-state index in [1.165, 1.54) is 0 Å². The predicted octanol–water partition coefficient (Wildman–Crippen LogP) is 2.64. The van der Waals surface area contributed by atoms with Crippen LogP contribution in [0.5, 0.6) is 0 Å². The van der Waals surface area contributed by atoms with Gasteiger partial charge >= 0.3 is 0 Å². The lowest BCUT2D eigenvalue weighted by atomic mass is 10.2. The Kier molecular flexibility index (Phi) is 3.87. The van der Waals surface area contributed by atoms with Crippen LogP contribution in [0, 0.1) is 13.8 Å². The van der Waals surface area contributed by atoms with Crippen LogP contribution in [0.4, 0.5) is 5.69 Å². The third-order valence-electron chi connectivity index (χ3n) is 3.43. The molecule has 0 saturated carbocycles. The van der Waals surface area contributed by atoms with Crippen molar-refractivity contribution in [2.75, 3.05) is 18.5 Å². The van der Waals surface area contributed by atoms with Crippen molar-refractivity contribution in [1.82, 2.24) is 9.78 Å². The highest BCUT2D eigenvalue weighted by Gasteiger charge is 2.29. The van der Waals surface area contributed by atoms with Crippen LogP contribution in [0.1, 0.15) is 45.1 Å². The van der Waals surface area contributed by atoms with Gasteiger partial charge in [0.05, 0.1) is 36.3 Å². The van der Waals surface area contributed by atoms with Crippen molar-refractivity contribution in [3.8, 4) is 0 Å². The van der Waals surface area contributed by atoms with Gasteiger partial charge in [0.1, 0.15) is 0 Å². The SMILES string of the molecule is Cc1nn(C(C)C)c(C)c1NC1COC(C)(C)OC1. The Morgan fingerprint density at radius 2 is 1.84 bits per heavy atom. The summed E-state index contributed by atoms with van der Waals surface area (Å²) in [5.41, 5.74) is 3.29. The molecule has 0 aromatic carbocycles. The lowest BCUT2D eigenvalue weighted by Crippen LogP contribution is -2.45. The summed E-state index contributed by atoms with van der Waals surface area (Å²) in [5, 5.41) is 8.07. The maximum absolute atomic E-state index is 5.67. The molecule has 2 rings (SSSR count). The quantitative estimate of drug-likeness (QED) is 0.914. The van der Waals surface area contributed by atoms with E-state index in [4.69, 9.17) is 9.47 Å². The number of aryl methyl sites for hydroxylation is 1. The normalized spacial score (nSPS) is 19.9. The van der Waals surface area contributed by atoms with Gasteiger partial charge in [-0.25, -0.2) is 0 Å². The van der Waals surface area contributed by atoms with Crippen molar-refractivity contribution in [1.29, 1.82) is 0 Å². The standard InChI is InChI=1S/C14H25N3O2/c1-9(2)17-11(4)13(10(3)16-17)15-12-7-18-14(5,6)19-8-12/h9,12,15H,7-8H2,1-6H3. The lowest BCUT2D eigenvalue weighted by Gasteiger charge is -2.35. The molecule has 0 radical (unpaired) electrons. The molecule has 0 amide bonds. The molecule has 0 spiro atoms. The molecule has 0 atom stereocenters. The van der Waals surface area contributed by atoms with Crippen molar-refractivity contribution in [2.24, 2.45) is 0 Å². The van der Waals surface area contributed by atoms with E-state index in [9.17, 15) is 0 Å². The van der Waals surface area contributed by atoms with Crippen LogP contribution in [0.15, 0.2) is 0 Å². The molecule has 19 heavy (non-hydrogen) atoms. The summed E-state index contributed by atoms with van der Waals surface area (Å²) in [6, 6.07) is 0.544. The van der Waals surface area contributed by atoms with E-state index < -0.39 is 5.79 Å². The maximum atomic E-state index is 5.67. The first-order valence-corrected chi connectivity index (χ1v) is 6.90. The number of ether oxygens (including phenoxy) is 2. The van der Waals surface area contributed by atoms with E-state index in [0.29, 0.717) is 19.3 Å². The molecule has 1 aromatic rings. The van der Waals surface area contributed by atoms with Gasteiger partial charge < -0.3 is 14.8 Å². The van der Waals surface area contributed by atoms with Crippen molar-refractivity contribution in [2.45, 2.75) is 59.4 Å². The van der Waals surface area contributed by atoms with E-state index in [-0.39, 0.29) is 6.04 Å². The summed E-state index contributed by atoms with van der Waals surface area (Å²) >= 11 is 0. The van der Waals surface area contributed by atoms with E-state index >= 15 is 0 Å². The summed E-state index contributed by atoms with van der Waals surface area (Å²) in [6.07, 6.45) is 0. The van der Waals surface area contributed by atoms with Crippen LogP contribution >= 0.6 is 0 Å². The first kappa shape index (κ1) is 14.3. The van der Waals surface area contributed by atoms with Gasteiger partial charge in [-0.1, -0.05) is 0 Å². The minimum absolute atomic E-state index is 0.176. The molecule has 0 unspecified atom stereocenters. The molecule has 1 aromatic heterocycles. The second kappa shape index (κ2) is 5.13. The van der Waals surface area contributed by atoms with Crippen LogP contribution in [-0.2, 0) is 9.47 Å². The smallest absolute Gasteiger partial charge is 0.162 e. The summed E-state index contributed by atoms with van der Waals surface area (Å²) in [7, 11) is 0.